The van der Waals surface area contributed by atoms with E-state index in [4.69, 9.17) is 4.74 Å². The maximum atomic E-state index is 12.3. The Bertz CT molecular complexity index is 832. The van der Waals surface area contributed by atoms with Crippen LogP contribution in [-0.2, 0) is 4.74 Å². The molecule has 1 aromatic heterocycles. The third-order valence-corrected chi connectivity index (χ3v) is 4.71. The number of nitrogens with one attached hydrogen (secondary N) is 1. The van der Waals surface area contributed by atoms with Gasteiger partial charge >= 0.3 is 5.97 Å². The predicted molar refractivity (Wildman–Crippen MR) is 101 cm³/mol. The Hall–Kier alpha value is -2.18. The van der Waals surface area contributed by atoms with Crippen LogP contribution in [0, 0.1) is 0 Å². The fourth-order valence-corrected chi connectivity index (χ4v) is 3.32. The van der Waals surface area contributed by atoms with E-state index in [2.05, 4.69) is 26.2 Å². The summed E-state index contributed by atoms with van der Waals surface area (Å²) in [6.07, 6.45) is 0. The number of hydrogen-bond donors (Lipinski definition) is 1. The van der Waals surface area contributed by atoms with Crippen LogP contribution >= 0.6 is 27.3 Å². The lowest BCUT2D eigenvalue weighted by Crippen LogP contribution is -2.03. The predicted octanol–water partition coefficient (Wildman–Crippen LogP) is 5.49. The highest BCUT2D eigenvalue weighted by Gasteiger charge is 2.20. The minimum absolute atomic E-state index is 0.334. The molecule has 0 saturated carbocycles. The average molecular weight is 403 g/mol. The van der Waals surface area contributed by atoms with Gasteiger partial charge in [-0.2, -0.15) is 0 Å². The van der Waals surface area contributed by atoms with E-state index < -0.39 is 0 Å². The van der Waals surface area contributed by atoms with Gasteiger partial charge in [0.1, 0.15) is 4.88 Å². The number of halogens is 1. The van der Waals surface area contributed by atoms with Gasteiger partial charge in [-0.05, 0) is 31.2 Å². The lowest BCUT2D eigenvalue weighted by Gasteiger charge is -2.02. The van der Waals surface area contributed by atoms with Gasteiger partial charge in [0.25, 0.3) is 0 Å². The summed E-state index contributed by atoms with van der Waals surface area (Å²) in [5, 5.41) is 3.89. The number of hydrogen-bond acceptors (Lipinski definition) is 5. The maximum Gasteiger partial charge on any atom is 0.350 e. The van der Waals surface area contributed by atoms with Gasteiger partial charge in [0.2, 0.25) is 0 Å². The van der Waals surface area contributed by atoms with Crippen LogP contribution in [0.5, 0.6) is 0 Å². The van der Waals surface area contributed by atoms with Crippen LogP contribution in [0.3, 0.4) is 0 Å². The highest BCUT2D eigenvalue weighted by atomic mass is 79.9. The first-order chi connectivity index (χ1) is 11.7. The number of nitrogens with zero attached hydrogens (tertiary/aromatic N) is 1. The van der Waals surface area contributed by atoms with Crippen LogP contribution in [0.15, 0.2) is 59.1 Å². The van der Waals surface area contributed by atoms with Crippen molar-refractivity contribution in [2.45, 2.75) is 6.92 Å². The van der Waals surface area contributed by atoms with Crippen LogP contribution in [0.2, 0.25) is 0 Å². The van der Waals surface area contributed by atoms with Crippen molar-refractivity contribution in [3.63, 3.8) is 0 Å². The summed E-state index contributed by atoms with van der Waals surface area (Å²) in [4.78, 5) is 17.4. The molecular formula is C18H15BrN2O2S. The molecule has 0 aliphatic rings. The molecule has 6 heteroatoms. The third-order valence-electron chi connectivity index (χ3n) is 3.23. The van der Waals surface area contributed by atoms with E-state index in [0.29, 0.717) is 22.3 Å². The van der Waals surface area contributed by atoms with E-state index >= 15 is 0 Å². The van der Waals surface area contributed by atoms with Crippen molar-refractivity contribution in [2.24, 2.45) is 0 Å². The summed E-state index contributed by atoms with van der Waals surface area (Å²) in [6.45, 7) is 2.13. The van der Waals surface area contributed by atoms with Crippen molar-refractivity contribution < 1.29 is 9.53 Å². The second kappa shape index (κ2) is 7.59. The molecule has 3 rings (SSSR count). The number of anilines is 2. The molecule has 0 unspecified atom stereocenters. The summed E-state index contributed by atoms with van der Waals surface area (Å²) in [5.74, 6) is -0.349. The highest BCUT2D eigenvalue weighted by molar-refractivity contribution is 9.10. The number of carbonyl (C=O) groups is 1. The Morgan fingerprint density at radius 3 is 2.54 bits per heavy atom. The number of carbonyl (C=O) groups excluding carboxylic acids is 1. The summed E-state index contributed by atoms with van der Waals surface area (Å²) >= 11 is 4.70. The van der Waals surface area contributed by atoms with Crippen LogP contribution in [0.25, 0.3) is 11.3 Å². The first-order valence-electron chi connectivity index (χ1n) is 7.43. The zero-order valence-electron chi connectivity index (χ0n) is 13.0. The summed E-state index contributed by atoms with van der Waals surface area (Å²) < 4.78 is 6.17. The van der Waals surface area contributed by atoms with Crippen LogP contribution in [-0.4, -0.2) is 17.6 Å². The molecule has 0 aliphatic carbocycles. The molecule has 3 aromatic rings. The van der Waals surface area contributed by atoms with Gasteiger partial charge < -0.3 is 10.1 Å². The van der Waals surface area contributed by atoms with Crippen molar-refractivity contribution in [1.29, 1.82) is 0 Å². The van der Waals surface area contributed by atoms with Crippen molar-refractivity contribution in [2.75, 3.05) is 11.9 Å². The summed E-state index contributed by atoms with van der Waals surface area (Å²) in [7, 11) is 0. The average Bonchev–Trinajstić information content (AvgIpc) is 3.02. The fourth-order valence-electron chi connectivity index (χ4n) is 2.16. The zero-order valence-corrected chi connectivity index (χ0v) is 15.4. The van der Waals surface area contributed by atoms with E-state index in [1.165, 1.54) is 11.3 Å². The highest BCUT2D eigenvalue weighted by Crippen LogP contribution is 2.33. The van der Waals surface area contributed by atoms with Crippen molar-refractivity contribution in [3.8, 4) is 11.3 Å². The molecule has 2 aromatic carbocycles. The summed E-state index contributed by atoms with van der Waals surface area (Å²) in [5.41, 5.74) is 2.43. The Balaban J connectivity index is 1.96. The maximum absolute atomic E-state index is 12.3. The minimum Gasteiger partial charge on any atom is -0.462 e. The Morgan fingerprint density at radius 2 is 1.88 bits per heavy atom. The zero-order chi connectivity index (χ0) is 16.9. The van der Waals surface area contributed by atoms with Gasteiger partial charge in [-0.25, -0.2) is 9.78 Å². The van der Waals surface area contributed by atoms with Gasteiger partial charge in [-0.1, -0.05) is 57.6 Å². The number of aromatic nitrogens is 1. The van der Waals surface area contributed by atoms with Crippen molar-refractivity contribution in [1.82, 2.24) is 4.98 Å². The van der Waals surface area contributed by atoms with Crippen LogP contribution in [0.1, 0.15) is 16.6 Å². The molecule has 1 N–H and O–H groups in total. The molecule has 24 heavy (non-hydrogen) atoms. The molecule has 0 atom stereocenters. The number of ether oxygens (including phenoxy) is 1. The Morgan fingerprint density at radius 1 is 1.17 bits per heavy atom. The molecule has 0 spiro atoms. The SMILES string of the molecule is CCOC(=O)c1sc(Nc2ccc(Br)cc2)nc1-c1ccccc1. The summed E-state index contributed by atoms with van der Waals surface area (Å²) in [6, 6.07) is 17.4. The van der Waals surface area contributed by atoms with Crippen LogP contribution < -0.4 is 5.32 Å². The molecule has 122 valence electrons. The Labute approximate surface area is 152 Å². The number of benzene rings is 2. The van der Waals surface area contributed by atoms with Crippen molar-refractivity contribution in [3.05, 3.63) is 63.9 Å². The molecule has 0 radical (unpaired) electrons. The second-order valence-corrected chi connectivity index (χ2v) is 6.83. The molecular weight excluding hydrogens is 388 g/mol. The number of rotatable bonds is 5. The lowest BCUT2D eigenvalue weighted by molar-refractivity contribution is 0.0532. The monoisotopic (exact) mass is 402 g/mol. The number of esters is 1. The molecule has 0 saturated heterocycles. The van der Waals surface area contributed by atoms with Crippen LogP contribution in [0.4, 0.5) is 10.8 Å². The van der Waals surface area contributed by atoms with E-state index in [1.807, 2.05) is 54.6 Å². The van der Waals surface area contributed by atoms with E-state index in [0.717, 1.165) is 15.7 Å². The largest absolute Gasteiger partial charge is 0.462 e. The molecule has 0 fully saturated rings. The fraction of sp³-hybridized carbons (Fsp3) is 0.111. The van der Waals surface area contributed by atoms with Gasteiger partial charge in [-0.3, -0.25) is 0 Å². The van der Waals surface area contributed by atoms with E-state index in [1.54, 1.807) is 6.92 Å². The van der Waals surface area contributed by atoms with Gasteiger partial charge in [0.05, 0.1) is 12.3 Å². The topological polar surface area (TPSA) is 51.2 Å². The molecule has 0 amide bonds. The molecule has 1 heterocycles. The second-order valence-electron chi connectivity index (χ2n) is 4.92. The quantitative estimate of drug-likeness (QED) is 0.572. The van der Waals surface area contributed by atoms with Gasteiger partial charge in [-0.15, -0.1) is 0 Å². The van der Waals surface area contributed by atoms with Gasteiger partial charge in [0, 0.05) is 15.7 Å². The number of thiazole rings is 1. The molecule has 4 nitrogen and oxygen atoms in total. The van der Waals surface area contributed by atoms with E-state index in [-0.39, 0.29) is 5.97 Å². The minimum atomic E-state index is -0.349. The Kier molecular flexibility index (Phi) is 5.27. The van der Waals surface area contributed by atoms with Crippen molar-refractivity contribution >= 4 is 44.1 Å². The smallest absolute Gasteiger partial charge is 0.350 e. The van der Waals surface area contributed by atoms with Gasteiger partial charge in [0.15, 0.2) is 5.13 Å². The molecule has 0 bridgehead atoms. The molecule has 0 aliphatic heterocycles. The normalized spacial score (nSPS) is 10.4. The first-order valence-corrected chi connectivity index (χ1v) is 9.04. The lowest BCUT2D eigenvalue weighted by atomic mass is 10.1. The van der Waals surface area contributed by atoms with E-state index in [9.17, 15) is 4.79 Å². The standard InChI is InChI=1S/C18H15BrN2O2S/c1-2-23-17(22)16-15(12-6-4-3-5-7-12)21-18(24-16)20-14-10-8-13(19)9-11-14/h3-11H,2H2,1H3,(H,20,21). The first kappa shape index (κ1) is 16.7. The third kappa shape index (κ3) is 3.83.